The molecule has 3 heterocycles. The molecule has 0 spiro atoms. The summed E-state index contributed by atoms with van der Waals surface area (Å²) in [6, 6.07) is 4.83. The van der Waals surface area contributed by atoms with Crippen LogP contribution in [0.2, 0.25) is 0 Å². The highest BCUT2D eigenvalue weighted by atomic mass is 32.2. The maximum Gasteiger partial charge on any atom is 0.352 e. The number of carboxylic acids is 1. The van der Waals surface area contributed by atoms with Gasteiger partial charge in [0, 0.05) is 12.6 Å². The molecule has 0 bridgehead atoms. The quantitative estimate of drug-likeness (QED) is 0.917. The fourth-order valence-electron chi connectivity index (χ4n) is 2.65. The minimum Gasteiger partial charge on any atom is -0.477 e. The van der Waals surface area contributed by atoms with Gasteiger partial charge in [0.2, 0.25) is 0 Å². The van der Waals surface area contributed by atoms with Crippen molar-refractivity contribution in [1.82, 2.24) is 9.38 Å². The van der Waals surface area contributed by atoms with Crippen molar-refractivity contribution >= 4 is 21.5 Å². The van der Waals surface area contributed by atoms with E-state index in [-0.39, 0.29) is 16.7 Å². The lowest BCUT2D eigenvalue weighted by Gasteiger charge is -2.05. The second-order valence-electron chi connectivity index (χ2n) is 5.01. The van der Waals surface area contributed by atoms with E-state index in [0.29, 0.717) is 30.6 Å². The Kier molecular flexibility index (Phi) is 3.01. The highest BCUT2D eigenvalue weighted by molar-refractivity contribution is 7.92. The summed E-state index contributed by atoms with van der Waals surface area (Å²) < 4.78 is 25.1. The molecule has 0 amide bonds. The molecule has 0 radical (unpaired) electrons. The van der Waals surface area contributed by atoms with Crippen LogP contribution in [0.5, 0.6) is 0 Å². The Balaban J connectivity index is 1.98. The summed E-state index contributed by atoms with van der Waals surface area (Å²) in [6.07, 6.45) is 3.32. The second-order valence-corrected chi connectivity index (χ2v) is 7.41. The van der Waals surface area contributed by atoms with Crippen molar-refractivity contribution < 1.29 is 18.3 Å². The van der Waals surface area contributed by atoms with Gasteiger partial charge >= 0.3 is 5.97 Å². The Morgan fingerprint density at radius 3 is 2.90 bits per heavy atom. The number of fused-ring (bicyclic) bond motifs is 1. The molecule has 1 aliphatic heterocycles. The summed E-state index contributed by atoms with van der Waals surface area (Å²) in [6.45, 7) is 0. The maximum atomic E-state index is 11.8. The molecule has 2 aromatic heterocycles. The molecule has 0 saturated carbocycles. The topological polar surface area (TPSA) is 88.7 Å². The van der Waals surface area contributed by atoms with E-state index in [0.717, 1.165) is 0 Å². The monoisotopic (exact) mass is 294 g/mol. The van der Waals surface area contributed by atoms with Crippen LogP contribution in [0, 0.1) is 0 Å². The lowest BCUT2D eigenvalue weighted by atomic mass is 10.2. The van der Waals surface area contributed by atoms with Gasteiger partial charge in [-0.2, -0.15) is 0 Å². The standard InChI is InChI=1S/C13H14N2O4S/c16-13(17)11-4-1-5-12-14-9(8-15(11)12)7-10-3-2-6-20(10,18)19/h1,4-5,8,10H,2-3,6-7H2,(H,16,17). The Morgan fingerprint density at radius 2 is 2.25 bits per heavy atom. The van der Waals surface area contributed by atoms with Gasteiger partial charge < -0.3 is 5.11 Å². The van der Waals surface area contributed by atoms with Crippen molar-refractivity contribution in [3.05, 3.63) is 35.8 Å². The van der Waals surface area contributed by atoms with E-state index in [4.69, 9.17) is 5.11 Å². The predicted molar refractivity (Wildman–Crippen MR) is 72.7 cm³/mol. The van der Waals surface area contributed by atoms with Crippen LogP contribution in [0.15, 0.2) is 24.4 Å². The molecule has 1 saturated heterocycles. The number of hydrogen-bond acceptors (Lipinski definition) is 4. The van der Waals surface area contributed by atoms with E-state index in [2.05, 4.69) is 4.98 Å². The van der Waals surface area contributed by atoms with Crippen molar-refractivity contribution in [1.29, 1.82) is 0 Å². The molecular weight excluding hydrogens is 280 g/mol. The lowest BCUT2D eigenvalue weighted by Crippen LogP contribution is -2.18. The molecule has 0 aliphatic carbocycles. The highest BCUT2D eigenvalue weighted by Gasteiger charge is 2.31. The summed E-state index contributed by atoms with van der Waals surface area (Å²) in [5.74, 6) is -0.793. The molecule has 2 aromatic rings. The van der Waals surface area contributed by atoms with E-state index in [9.17, 15) is 13.2 Å². The molecule has 1 N–H and O–H groups in total. The zero-order valence-corrected chi connectivity index (χ0v) is 11.5. The number of aromatic nitrogens is 2. The second kappa shape index (κ2) is 4.59. The van der Waals surface area contributed by atoms with Gasteiger partial charge in [-0.3, -0.25) is 4.40 Å². The van der Waals surface area contributed by atoms with E-state index in [1.54, 1.807) is 18.3 Å². The third kappa shape index (κ3) is 2.18. The smallest absolute Gasteiger partial charge is 0.352 e. The van der Waals surface area contributed by atoms with Crippen LogP contribution < -0.4 is 0 Å². The number of aromatic carboxylic acids is 1. The number of hydrogen-bond donors (Lipinski definition) is 1. The fraction of sp³-hybridized carbons (Fsp3) is 0.385. The molecule has 1 atom stereocenters. The zero-order chi connectivity index (χ0) is 14.3. The first-order valence-electron chi connectivity index (χ1n) is 6.39. The normalized spacial score (nSPS) is 21.3. The first-order valence-corrected chi connectivity index (χ1v) is 8.11. The van der Waals surface area contributed by atoms with E-state index in [1.807, 2.05) is 0 Å². The molecule has 7 heteroatoms. The zero-order valence-electron chi connectivity index (χ0n) is 10.7. The number of imidazole rings is 1. The van der Waals surface area contributed by atoms with Gasteiger partial charge in [0.1, 0.15) is 11.3 Å². The average molecular weight is 294 g/mol. The number of carbonyl (C=O) groups is 1. The third-order valence-corrected chi connectivity index (χ3v) is 5.94. The SMILES string of the molecule is O=C(O)c1cccc2nc(CC3CCCS3(=O)=O)cn12. The summed E-state index contributed by atoms with van der Waals surface area (Å²) in [4.78, 5) is 15.4. The van der Waals surface area contributed by atoms with Crippen LogP contribution >= 0.6 is 0 Å². The highest BCUT2D eigenvalue weighted by Crippen LogP contribution is 2.23. The maximum absolute atomic E-state index is 11.8. The van der Waals surface area contributed by atoms with Crippen LogP contribution in [0.1, 0.15) is 29.0 Å². The summed E-state index contributed by atoms with van der Waals surface area (Å²) in [7, 11) is -3.01. The molecule has 1 aliphatic rings. The largest absolute Gasteiger partial charge is 0.477 e. The van der Waals surface area contributed by atoms with Crippen molar-refractivity contribution in [2.75, 3.05) is 5.75 Å². The van der Waals surface area contributed by atoms with Crippen molar-refractivity contribution in [3.63, 3.8) is 0 Å². The van der Waals surface area contributed by atoms with Gasteiger partial charge in [0.15, 0.2) is 9.84 Å². The van der Waals surface area contributed by atoms with Gasteiger partial charge in [0.05, 0.1) is 16.7 Å². The first-order chi connectivity index (χ1) is 9.47. The molecule has 0 aromatic carbocycles. The molecule has 6 nitrogen and oxygen atoms in total. The summed E-state index contributed by atoms with van der Waals surface area (Å²) in [5.41, 5.74) is 1.26. The van der Waals surface area contributed by atoms with Crippen molar-refractivity contribution in [3.8, 4) is 0 Å². The summed E-state index contributed by atoms with van der Waals surface area (Å²) in [5, 5.41) is 8.73. The van der Waals surface area contributed by atoms with E-state index < -0.39 is 15.8 Å². The van der Waals surface area contributed by atoms with Crippen LogP contribution in [-0.2, 0) is 16.3 Å². The predicted octanol–water partition coefficient (Wildman–Crippen LogP) is 1.15. The molecule has 1 unspecified atom stereocenters. The van der Waals surface area contributed by atoms with Crippen LogP contribution in [0.25, 0.3) is 5.65 Å². The minimum absolute atomic E-state index is 0.121. The number of sulfone groups is 1. The van der Waals surface area contributed by atoms with Crippen LogP contribution in [0.3, 0.4) is 0 Å². The number of rotatable bonds is 3. The van der Waals surface area contributed by atoms with Gasteiger partial charge in [-0.15, -0.1) is 0 Å². The van der Waals surface area contributed by atoms with E-state index in [1.165, 1.54) is 10.5 Å². The molecule has 20 heavy (non-hydrogen) atoms. The molecule has 106 valence electrons. The Bertz CT molecular complexity index is 779. The van der Waals surface area contributed by atoms with Crippen molar-refractivity contribution in [2.45, 2.75) is 24.5 Å². The fourth-order valence-corrected chi connectivity index (χ4v) is 4.51. The summed E-state index contributed by atoms with van der Waals surface area (Å²) >= 11 is 0. The Labute approximate surface area is 116 Å². The lowest BCUT2D eigenvalue weighted by molar-refractivity contribution is 0.0689. The van der Waals surface area contributed by atoms with Crippen molar-refractivity contribution in [2.24, 2.45) is 0 Å². The van der Waals surface area contributed by atoms with E-state index >= 15 is 0 Å². The van der Waals surface area contributed by atoms with Crippen LogP contribution in [0.4, 0.5) is 0 Å². The number of carboxylic acid groups (broad SMARTS) is 1. The van der Waals surface area contributed by atoms with Gasteiger partial charge in [-0.05, 0) is 25.0 Å². The number of pyridine rings is 1. The number of nitrogens with zero attached hydrogens (tertiary/aromatic N) is 2. The third-order valence-electron chi connectivity index (χ3n) is 3.66. The Hall–Kier alpha value is -1.89. The average Bonchev–Trinajstić information content (AvgIpc) is 2.92. The van der Waals surface area contributed by atoms with Gasteiger partial charge in [-0.1, -0.05) is 6.07 Å². The van der Waals surface area contributed by atoms with Crippen LogP contribution in [-0.4, -0.2) is 39.9 Å². The minimum atomic E-state index is -3.01. The van der Waals surface area contributed by atoms with Gasteiger partial charge in [-0.25, -0.2) is 18.2 Å². The van der Waals surface area contributed by atoms with Gasteiger partial charge in [0.25, 0.3) is 0 Å². The first kappa shape index (κ1) is 13.1. The molecule has 1 fully saturated rings. The Morgan fingerprint density at radius 1 is 1.45 bits per heavy atom. The molecule has 3 rings (SSSR count). The molecular formula is C13H14N2O4S.